The van der Waals surface area contributed by atoms with Crippen LogP contribution in [0.15, 0.2) is 41.1 Å². The zero-order valence-corrected chi connectivity index (χ0v) is 12.1. The number of nitrogens with zero attached hydrogens (tertiary/aromatic N) is 3. The Balaban J connectivity index is 2.32. The van der Waals surface area contributed by atoms with Crippen molar-refractivity contribution >= 4 is 27.5 Å². The van der Waals surface area contributed by atoms with Gasteiger partial charge in [0.1, 0.15) is 5.56 Å². The van der Waals surface area contributed by atoms with Crippen LogP contribution in [-0.2, 0) is 0 Å². The highest BCUT2D eigenvalue weighted by Crippen LogP contribution is 2.27. The summed E-state index contributed by atoms with van der Waals surface area (Å²) in [5.41, 5.74) is 3.30. The molecule has 0 unspecified atom stereocenters. The number of rotatable bonds is 2. The predicted octanol–water partition coefficient (Wildman–Crippen LogP) is 3.17. The van der Waals surface area contributed by atoms with Gasteiger partial charge in [-0.25, -0.2) is 14.3 Å². The van der Waals surface area contributed by atoms with Crippen molar-refractivity contribution in [3.05, 3.63) is 52.3 Å². The predicted molar refractivity (Wildman–Crippen MR) is 77.8 cm³/mol. The number of fused-ring (bicyclic) bond motifs is 1. The number of benzene rings is 1. The average molecular weight is 332 g/mol. The molecule has 6 heteroatoms. The lowest BCUT2D eigenvalue weighted by molar-refractivity contribution is 0.0699. The van der Waals surface area contributed by atoms with E-state index in [0.29, 0.717) is 5.65 Å². The number of hydrogen-bond acceptors (Lipinski definition) is 3. The zero-order chi connectivity index (χ0) is 14.3. The number of hydrogen-bond donors (Lipinski definition) is 1. The summed E-state index contributed by atoms with van der Waals surface area (Å²) >= 11 is 3.45. The Morgan fingerprint density at radius 1 is 1.35 bits per heavy atom. The summed E-state index contributed by atoms with van der Waals surface area (Å²) in [6.07, 6.45) is 2.92. The van der Waals surface area contributed by atoms with Gasteiger partial charge in [0, 0.05) is 16.2 Å². The molecule has 2 heterocycles. The van der Waals surface area contributed by atoms with Gasteiger partial charge in [0.2, 0.25) is 0 Å². The van der Waals surface area contributed by atoms with Crippen LogP contribution in [0.25, 0.3) is 16.9 Å². The van der Waals surface area contributed by atoms with Gasteiger partial charge in [-0.3, -0.25) is 0 Å². The molecule has 0 spiro atoms. The highest BCUT2D eigenvalue weighted by molar-refractivity contribution is 9.10. The van der Waals surface area contributed by atoms with Crippen LogP contribution in [0.2, 0.25) is 0 Å². The first-order valence-electron chi connectivity index (χ1n) is 5.90. The van der Waals surface area contributed by atoms with Crippen LogP contribution in [0.3, 0.4) is 0 Å². The van der Waals surface area contributed by atoms with E-state index < -0.39 is 5.97 Å². The minimum atomic E-state index is -1.03. The number of carboxylic acids is 1. The molecule has 0 fully saturated rings. The van der Waals surface area contributed by atoms with Gasteiger partial charge >= 0.3 is 5.97 Å². The molecule has 0 saturated carbocycles. The molecule has 0 amide bonds. The zero-order valence-electron chi connectivity index (χ0n) is 10.5. The van der Waals surface area contributed by atoms with Crippen LogP contribution in [0.5, 0.6) is 0 Å². The van der Waals surface area contributed by atoms with Crippen molar-refractivity contribution < 1.29 is 9.90 Å². The fourth-order valence-electron chi connectivity index (χ4n) is 2.12. The van der Waals surface area contributed by atoms with Crippen molar-refractivity contribution in [1.29, 1.82) is 0 Å². The van der Waals surface area contributed by atoms with Gasteiger partial charge in [-0.05, 0) is 30.7 Å². The summed E-state index contributed by atoms with van der Waals surface area (Å²) in [5, 5.41) is 13.3. The molecule has 0 atom stereocenters. The van der Waals surface area contributed by atoms with Gasteiger partial charge in [-0.15, -0.1) is 0 Å². The van der Waals surface area contributed by atoms with E-state index in [1.165, 1.54) is 6.20 Å². The Morgan fingerprint density at radius 3 is 2.90 bits per heavy atom. The lowest BCUT2D eigenvalue weighted by Gasteiger charge is -2.08. The molecule has 3 aromatic rings. The topological polar surface area (TPSA) is 67.5 Å². The molecule has 0 radical (unpaired) electrons. The monoisotopic (exact) mass is 331 g/mol. The molecule has 1 aromatic carbocycles. The average Bonchev–Trinajstić information content (AvgIpc) is 2.85. The van der Waals surface area contributed by atoms with Gasteiger partial charge in [0.05, 0.1) is 11.9 Å². The van der Waals surface area contributed by atoms with Crippen molar-refractivity contribution in [3.63, 3.8) is 0 Å². The van der Waals surface area contributed by atoms with E-state index in [0.717, 1.165) is 21.3 Å². The van der Waals surface area contributed by atoms with Crippen molar-refractivity contribution in [2.45, 2.75) is 6.92 Å². The summed E-state index contributed by atoms with van der Waals surface area (Å²) < 4.78 is 2.51. The highest BCUT2D eigenvalue weighted by atomic mass is 79.9. The number of aryl methyl sites for hydroxylation is 1. The lowest BCUT2D eigenvalue weighted by Crippen LogP contribution is -2.00. The molecule has 20 heavy (non-hydrogen) atoms. The molecule has 0 aliphatic heterocycles. The summed E-state index contributed by atoms with van der Waals surface area (Å²) in [4.78, 5) is 15.3. The van der Waals surface area contributed by atoms with E-state index in [1.807, 2.05) is 31.2 Å². The standard InChI is InChI=1S/C14H10BrN3O2/c1-8-2-3-9(15)6-10(8)12-4-5-16-13-11(14(19)20)7-17-18(12)13/h2-7H,1H3,(H,19,20). The summed E-state index contributed by atoms with van der Waals surface area (Å²) in [6, 6.07) is 7.75. The molecule has 100 valence electrons. The lowest BCUT2D eigenvalue weighted by atomic mass is 10.1. The summed E-state index contributed by atoms with van der Waals surface area (Å²) in [5.74, 6) is -1.03. The quantitative estimate of drug-likeness (QED) is 0.783. The van der Waals surface area contributed by atoms with Gasteiger partial charge in [-0.1, -0.05) is 22.0 Å². The number of aromatic nitrogens is 3. The maximum Gasteiger partial charge on any atom is 0.341 e. The molecule has 3 rings (SSSR count). The second-order valence-corrected chi connectivity index (χ2v) is 5.30. The number of carbonyl (C=O) groups is 1. The fourth-order valence-corrected chi connectivity index (χ4v) is 2.48. The third kappa shape index (κ3) is 1.98. The van der Waals surface area contributed by atoms with Gasteiger partial charge in [-0.2, -0.15) is 5.10 Å². The van der Waals surface area contributed by atoms with E-state index in [-0.39, 0.29) is 5.56 Å². The van der Waals surface area contributed by atoms with Gasteiger partial charge in [0.25, 0.3) is 0 Å². The molecule has 0 bridgehead atoms. The third-order valence-electron chi connectivity index (χ3n) is 3.11. The van der Waals surface area contributed by atoms with Crippen molar-refractivity contribution in [2.24, 2.45) is 0 Å². The van der Waals surface area contributed by atoms with Crippen LogP contribution < -0.4 is 0 Å². The molecule has 0 aliphatic carbocycles. The largest absolute Gasteiger partial charge is 0.477 e. The SMILES string of the molecule is Cc1ccc(Br)cc1-c1ccnc2c(C(=O)O)cnn12. The van der Waals surface area contributed by atoms with Crippen molar-refractivity contribution in [2.75, 3.05) is 0 Å². The van der Waals surface area contributed by atoms with E-state index in [1.54, 1.807) is 10.7 Å². The Hall–Kier alpha value is -2.21. The first kappa shape index (κ1) is 12.8. The molecular formula is C14H10BrN3O2. The van der Waals surface area contributed by atoms with Crippen LogP contribution in [-0.4, -0.2) is 25.7 Å². The first-order chi connectivity index (χ1) is 9.58. The molecule has 1 N–H and O–H groups in total. The maximum atomic E-state index is 11.1. The Morgan fingerprint density at radius 2 is 2.15 bits per heavy atom. The third-order valence-corrected chi connectivity index (χ3v) is 3.60. The summed E-state index contributed by atoms with van der Waals surface area (Å²) in [6.45, 7) is 2.00. The fraction of sp³-hybridized carbons (Fsp3) is 0.0714. The highest BCUT2D eigenvalue weighted by Gasteiger charge is 2.15. The van der Waals surface area contributed by atoms with Crippen molar-refractivity contribution in [1.82, 2.24) is 14.6 Å². The Bertz CT molecular complexity index is 826. The van der Waals surface area contributed by atoms with Crippen LogP contribution in [0.4, 0.5) is 0 Å². The molecular weight excluding hydrogens is 322 g/mol. The second kappa shape index (κ2) is 4.72. The maximum absolute atomic E-state index is 11.1. The second-order valence-electron chi connectivity index (χ2n) is 4.39. The van der Waals surface area contributed by atoms with E-state index >= 15 is 0 Å². The molecule has 0 aliphatic rings. The first-order valence-corrected chi connectivity index (χ1v) is 6.70. The van der Waals surface area contributed by atoms with Crippen molar-refractivity contribution in [3.8, 4) is 11.3 Å². The number of halogens is 1. The van der Waals surface area contributed by atoms with E-state index in [4.69, 9.17) is 5.11 Å². The number of carboxylic acid groups (broad SMARTS) is 1. The normalized spacial score (nSPS) is 10.9. The van der Waals surface area contributed by atoms with E-state index in [9.17, 15) is 4.79 Å². The molecule has 2 aromatic heterocycles. The summed E-state index contributed by atoms with van der Waals surface area (Å²) in [7, 11) is 0. The van der Waals surface area contributed by atoms with Crippen LogP contribution in [0, 0.1) is 6.92 Å². The molecule has 5 nitrogen and oxygen atoms in total. The Kier molecular flexibility index (Phi) is 3.02. The van der Waals surface area contributed by atoms with E-state index in [2.05, 4.69) is 26.0 Å². The van der Waals surface area contributed by atoms with Gasteiger partial charge < -0.3 is 5.11 Å². The smallest absolute Gasteiger partial charge is 0.341 e. The Labute approximate surface area is 123 Å². The minimum Gasteiger partial charge on any atom is -0.477 e. The van der Waals surface area contributed by atoms with Crippen LogP contribution in [0.1, 0.15) is 15.9 Å². The van der Waals surface area contributed by atoms with Gasteiger partial charge in [0.15, 0.2) is 5.65 Å². The minimum absolute atomic E-state index is 0.0968. The molecule has 0 saturated heterocycles. The number of aromatic carboxylic acids is 1. The van der Waals surface area contributed by atoms with Crippen LogP contribution >= 0.6 is 15.9 Å².